The molecule has 1 aliphatic heterocycles. The molecule has 4 nitrogen and oxygen atoms in total. The van der Waals surface area contributed by atoms with Gasteiger partial charge in [0, 0.05) is 13.0 Å². The molecule has 1 saturated heterocycles. The molecule has 1 N–H and O–H groups in total. The number of carbonyl (C=O) groups excluding carboxylic acids is 1. The van der Waals surface area contributed by atoms with Crippen molar-refractivity contribution < 1.29 is 14.3 Å². The molecule has 1 aliphatic carbocycles. The summed E-state index contributed by atoms with van der Waals surface area (Å²) in [5, 5.41) is 2.88. The molecule has 1 amide bonds. The summed E-state index contributed by atoms with van der Waals surface area (Å²) in [6, 6.07) is 8.11. The molecule has 0 aromatic heterocycles. The molecule has 114 valence electrons. The fourth-order valence-corrected chi connectivity index (χ4v) is 3.16. The summed E-state index contributed by atoms with van der Waals surface area (Å²) in [7, 11) is 0. The largest absolute Gasteiger partial charge is 0.468 e. The number of hydrogen-bond donors (Lipinski definition) is 1. The maximum atomic E-state index is 11.2. The minimum Gasteiger partial charge on any atom is -0.468 e. The average Bonchev–Trinajstić information content (AvgIpc) is 3.11. The highest BCUT2D eigenvalue weighted by Gasteiger charge is 2.21. The van der Waals surface area contributed by atoms with Crippen molar-refractivity contribution >= 4 is 5.91 Å². The molecule has 1 aromatic carbocycles. The Balaban J connectivity index is 1.47. The van der Waals surface area contributed by atoms with Crippen molar-refractivity contribution in [2.75, 3.05) is 13.3 Å². The number of rotatable bonds is 6. The van der Waals surface area contributed by atoms with Gasteiger partial charge in [-0.15, -0.1) is 0 Å². The van der Waals surface area contributed by atoms with Crippen LogP contribution in [0.5, 0.6) is 5.75 Å². The molecule has 1 heterocycles. The summed E-state index contributed by atoms with van der Waals surface area (Å²) in [4.78, 5) is 11.2. The minimum absolute atomic E-state index is 0.164. The van der Waals surface area contributed by atoms with E-state index in [9.17, 15) is 4.79 Å². The van der Waals surface area contributed by atoms with Crippen molar-refractivity contribution in [1.82, 2.24) is 5.32 Å². The lowest BCUT2D eigenvalue weighted by Crippen LogP contribution is -2.14. The third-order valence-electron chi connectivity index (χ3n) is 4.32. The van der Waals surface area contributed by atoms with Crippen LogP contribution in [0.3, 0.4) is 0 Å². The summed E-state index contributed by atoms with van der Waals surface area (Å²) in [5.41, 5.74) is 1.22. The van der Waals surface area contributed by atoms with Crippen LogP contribution in [-0.4, -0.2) is 25.3 Å². The smallest absolute Gasteiger partial charge is 0.220 e. The molecule has 0 spiro atoms. The van der Waals surface area contributed by atoms with Gasteiger partial charge in [0.25, 0.3) is 0 Å². The molecular formula is C17H23NO3. The van der Waals surface area contributed by atoms with Crippen LogP contribution in [0, 0.1) is 5.92 Å². The molecule has 1 unspecified atom stereocenters. The first kappa shape index (κ1) is 14.4. The zero-order valence-corrected chi connectivity index (χ0v) is 12.3. The second-order valence-corrected chi connectivity index (χ2v) is 6.06. The van der Waals surface area contributed by atoms with Gasteiger partial charge in [-0.25, -0.2) is 0 Å². The SMILES string of the molecule is O=C1CC(Cc2cccc(OCOC3CCCC3)c2)CN1. The first-order valence-corrected chi connectivity index (χ1v) is 7.89. The van der Waals surface area contributed by atoms with Crippen LogP contribution in [0.1, 0.15) is 37.7 Å². The first-order valence-electron chi connectivity index (χ1n) is 7.89. The van der Waals surface area contributed by atoms with E-state index in [0.717, 1.165) is 31.6 Å². The predicted octanol–water partition coefficient (Wildman–Crippen LogP) is 2.66. The van der Waals surface area contributed by atoms with Crippen LogP contribution in [0.25, 0.3) is 0 Å². The van der Waals surface area contributed by atoms with Crippen LogP contribution in [0.4, 0.5) is 0 Å². The normalized spacial score (nSPS) is 22.5. The Labute approximate surface area is 125 Å². The Hall–Kier alpha value is -1.55. The van der Waals surface area contributed by atoms with Crippen LogP contribution < -0.4 is 10.1 Å². The van der Waals surface area contributed by atoms with E-state index in [1.807, 2.05) is 12.1 Å². The van der Waals surface area contributed by atoms with Gasteiger partial charge in [-0.1, -0.05) is 25.0 Å². The standard InChI is InChI=1S/C17H23NO3/c19-17-10-14(11-18-17)8-13-4-3-7-16(9-13)21-12-20-15-5-1-2-6-15/h3-4,7,9,14-15H,1-2,5-6,8,10-12H2,(H,18,19). The Bertz CT molecular complexity index is 483. The Morgan fingerprint density at radius 1 is 1.24 bits per heavy atom. The summed E-state index contributed by atoms with van der Waals surface area (Å²) in [6.45, 7) is 1.12. The van der Waals surface area contributed by atoms with Crippen molar-refractivity contribution in [3.63, 3.8) is 0 Å². The maximum absolute atomic E-state index is 11.2. The zero-order valence-electron chi connectivity index (χ0n) is 12.3. The predicted molar refractivity (Wildman–Crippen MR) is 80.1 cm³/mol. The van der Waals surface area contributed by atoms with Crippen molar-refractivity contribution in [1.29, 1.82) is 0 Å². The minimum atomic E-state index is 0.164. The van der Waals surface area contributed by atoms with E-state index in [4.69, 9.17) is 9.47 Å². The van der Waals surface area contributed by atoms with E-state index in [1.54, 1.807) is 0 Å². The monoisotopic (exact) mass is 289 g/mol. The first-order chi connectivity index (χ1) is 10.3. The topological polar surface area (TPSA) is 47.6 Å². The molecule has 3 rings (SSSR count). The van der Waals surface area contributed by atoms with E-state index in [0.29, 0.717) is 25.2 Å². The summed E-state index contributed by atoms with van der Waals surface area (Å²) in [5.74, 6) is 1.42. The lowest BCUT2D eigenvalue weighted by atomic mass is 9.98. The summed E-state index contributed by atoms with van der Waals surface area (Å²) >= 11 is 0. The van der Waals surface area contributed by atoms with Gasteiger partial charge in [0.1, 0.15) is 5.75 Å². The molecule has 1 saturated carbocycles. The Kier molecular flexibility index (Phi) is 4.76. The van der Waals surface area contributed by atoms with Gasteiger partial charge in [0.05, 0.1) is 6.10 Å². The quantitative estimate of drug-likeness (QED) is 0.819. The molecule has 21 heavy (non-hydrogen) atoms. The molecule has 0 radical (unpaired) electrons. The van der Waals surface area contributed by atoms with Gasteiger partial charge < -0.3 is 14.8 Å². The number of nitrogens with one attached hydrogen (secondary N) is 1. The van der Waals surface area contributed by atoms with Gasteiger partial charge in [-0.3, -0.25) is 4.79 Å². The zero-order chi connectivity index (χ0) is 14.5. The van der Waals surface area contributed by atoms with Gasteiger partial charge in [-0.2, -0.15) is 0 Å². The van der Waals surface area contributed by atoms with E-state index in [-0.39, 0.29) is 5.91 Å². The van der Waals surface area contributed by atoms with Crippen molar-refractivity contribution in [3.05, 3.63) is 29.8 Å². The number of ether oxygens (including phenoxy) is 2. The molecule has 1 aromatic rings. The van der Waals surface area contributed by atoms with Crippen molar-refractivity contribution in [2.24, 2.45) is 5.92 Å². The van der Waals surface area contributed by atoms with E-state index >= 15 is 0 Å². The highest BCUT2D eigenvalue weighted by molar-refractivity contribution is 5.78. The van der Waals surface area contributed by atoms with Gasteiger partial charge in [-0.05, 0) is 42.9 Å². The van der Waals surface area contributed by atoms with Crippen LogP contribution in [0.15, 0.2) is 24.3 Å². The van der Waals surface area contributed by atoms with Crippen molar-refractivity contribution in [3.8, 4) is 5.75 Å². The Morgan fingerprint density at radius 3 is 2.86 bits per heavy atom. The lowest BCUT2D eigenvalue weighted by Gasteiger charge is -2.13. The number of benzene rings is 1. The number of amides is 1. The van der Waals surface area contributed by atoms with E-state index in [1.165, 1.54) is 18.4 Å². The summed E-state index contributed by atoms with van der Waals surface area (Å²) < 4.78 is 11.4. The fourth-order valence-electron chi connectivity index (χ4n) is 3.16. The fraction of sp³-hybridized carbons (Fsp3) is 0.588. The average molecular weight is 289 g/mol. The molecule has 0 bridgehead atoms. The summed E-state index contributed by atoms with van der Waals surface area (Å²) in [6.07, 6.45) is 6.79. The number of carbonyl (C=O) groups is 1. The molecular weight excluding hydrogens is 266 g/mol. The van der Waals surface area contributed by atoms with Crippen LogP contribution in [0.2, 0.25) is 0 Å². The highest BCUT2D eigenvalue weighted by Crippen LogP contribution is 2.22. The second kappa shape index (κ2) is 6.94. The van der Waals surface area contributed by atoms with Gasteiger partial charge >= 0.3 is 0 Å². The highest BCUT2D eigenvalue weighted by atomic mass is 16.7. The Morgan fingerprint density at radius 2 is 2.10 bits per heavy atom. The molecule has 2 aliphatic rings. The van der Waals surface area contributed by atoms with E-state index in [2.05, 4.69) is 17.4 Å². The van der Waals surface area contributed by atoms with Crippen LogP contribution >= 0.6 is 0 Å². The van der Waals surface area contributed by atoms with Gasteiger partial charge in [0.15, 0.2) is 6.79 Å². The van der Waals surface area contributed by atoms with Crippen molar-refractivity contribution in [2.45, 2.75) is 44.6 Å². The molecule has 4 heteroatoms. The second-order valence-electron chi connectivity index (χ2n) is 6.06. The van der Waals surface area contributed by atoms with Crippen LogP contribution in [-0.2, 0) is 16.0 Å². The van der Waals surface area contributed by atoms with E-state index < -0.39 is 0 Å². The third kappa shape index (κ3) is 4.21. The molecule has 1 atom stereocenters. The maximum Gasteiger partial charge on any atom is 0.220 e. The molecule has 2 fully saturated rings. The number of hydrogen-bond acceptors (Lipinski definition) is 3. The lowest BCUT2D eigenvalue weighted by molar-refractivity contribution is -0.119. The third-order valence-corrected chi connectivity index (χ3v) is 4.32. The van der Waals surface area contributed by atoms with Gasteiger partial charge in [0.2, 0.25) is 5.91 Å².